The lowest BCUT2D eigenvalue weighted by atomic mass is 10.1. The number of carbonyl (C=O) groups excluding carboxylic acids is 1. The maximum atomic E-state index is 11.9. The Balaban J connectivity index is 4.78. The molecule has 0 amide bonds. The minimum Gasteiger partial charge on any atom is -0.443 e. The highest BCUT2D eigenvalue weighted by molar-refractivity contribution is 5.72. The Hall–Kier alpha value is -0.950. The Labute approximate surface area is 87.6 Å². The Bertz CT molecular complexity index is 230. The number of hydrogen-bond donors (Lipinski definition) is 0. The van der Waals surface area contributed by atoms with Crippen molar-refractivity contribution in [3.05, 3.63) is 0 Å². The number of ether oxygens (including phenoxy) is 1. The summed E-state index contributed by atoms with van der Waals surface area (Å²) in [7, 11) is 0. The minimum absolute atomic E-state index is 0.0985. The van der Waals surface area contributed by atoms with E-state index < -0.39 is 30.3 Å². The molecule has 0 aliphatic carbocycles. The van der Waals surface area contributed by atoms with Gasteiger partial charge in [-0.05, 0) is 6.42 Å². The summed E-state index contributed by atoms with van der Waals surface area (Å²) in [5.41, 5.74) is 0. The van der Waals surface area contributed by atoms with Crippen LogP contribution >= 0.6 is 0 Å². The first-order chi connectivity index (χ1) is 7.00. The normalized spacial score (nSPS) is 15.1. The van der Waals surface area contributed by atoms with Gasteiger partial charge in [-0.1, -0.05) is 13.8 Å². The fraction of sp³-hybridized carbons (Fsp3) is 0.875. The summed E-state index contributed by atoms with van der Waals surface area (Å²) in [5, 5.41) is 0. The summed E-state index contributed by atoms with van der Waals surface area (Å²) in [6, 6.07) is 0. The highest BCUT2D eigenvalue weighted by Gasteiger charge is 2.60. The number of esters is 1. The van der Waals surface area contributed by atoms with Gasteiger partial charge in [-0.25, -0.2) is 0 Å². The molecule has 0 aromatic rings. The lowest BCUT2D eigenvalue weighted by molar-refractivity contribution is -0.314. The second kappa shape index (κ2) is 4.92. The van der Waals surface area contributed by atoms with E-state index >= 15 is 0 Å². The lowest BCUT2D eigenvalue weighted by Gasteiger charge is -2.23. The fourth-order valence-electron chi connectivity index (χ4n) is 0.718. The second-order valence-electron chi connectivity index (χ2n) is 3.21. The summed E-state index contributed by atoms with van der Waals surface area (Å²) in [4.78, 5) is 10.9. The summed E-state index contributed by atoms with van der Waals surface area (Å²) in [6.07, 6.45) is -15.3. The van der Waals surface area contributed by atoms with Gasteiger partial charge in [-0.3, -0.25) is 4.79 Å². The van der Waals surface area contributed by atoms with Crippen LogP contribution in [0.5, 0.6) is 0 Å². The van der Waals surface area contributed by atoms with Gasteiger partial charge in [-0.15, -0.1) is 0 Å². The number of hydrogen-bond acceptors (Lipinski definition) is 2. The van der Waals surface area contributed by atoms with Crippen molar-refractivity contribution in [2.45, 2.75) is 38.7 Å². The quantitative estimate of drug-likeness (QED) is 0.570. The molecule has 16 heavy (non-hydrogen) atoms. The molecule has 0 aromatic heterocycles. The lowest BCUT2D eigenvalue weighted by Crippen LogP contribution is -2.46. The third kappa shape index (κ3) is 4.28. The van der Waals surface area contributed by atoms with Gasteiger partial charge in [0.15, 0.2) is 0 Å². The van der Waals surface area contributed by atoms with Gasteiger partial charge in [0.25, 0.3) is 6.10 Å². The maximum absolute atomic E-state index is 11.9. The van der Waals surface area contributed by atoms with Crippen molar-refractivity contribution in [1.29, 1.82) is 0 Å². The molecule has 8 heteroatoms. The standard InChI is InChI=1S/C8H10F6O2/c1-3-4(2)5(15)16-6(7(9,10)11)8(12,13)14/h4,6H,3H2,1-2H3/t4-/m1/s1. The molecule has 0 aliphatic rings. The molecule has 0 N–H and O–H groups in total. The predicted octanol–water partition coefficient (Wildman–Crippen LogP) is 3.07. The van der Waals surface area contributed by atoms with Crippen molar-refractivity contribution in [2.24, 2.45) is 5.92 Å². The van der Waals surface area contributed by atoms with E-state index in [0.29, 0.717) is 0 Å². The summed E-state index contributed by atoms with van der Waals surface area (Å²) >= 11 is 0. The Kier molecular flexibility index (Phi) is 4.63. The third-order valence-electron chi connectivity index (χ3n) is 1.84. The maximum Gasteiger partial charge on any atom is 0.434 e. The van der Waals surface area contributed by atoms with Crippen molar-refractivity contribution in [2.75, 3.05) is 0 Å². The molecule has 0 saturated carbocycles. The monoisotopic (exact) mass is 252 g/mol. The summed E-state index contributed by atoms with van der Waals surface area (Å²) < 4.78 is 75.1. The molecule has 0 spiro atoms. The average Bonchev–Trinajstić information content (AvgIpc) is 2.08. The molecule has 0 radical (unpaired) electrons. The van der Waals surface area contributed by atoms with Crippen molar-refractivity contribution in [3.8, 4) is 0 Å². The van der Waals surface area contributed by atoms with Crippen LogP contribution in [0, 0.1) is 5.92 Å². The van der Waals surface area contributed by atoms with Gasteiger partial charge in [-0.2, -0.15) is 26.3 Å². The van der Waals surface area contributed by atoms with Crippen molar-refractivity contribution < 1.29 is 35.9 Å². The van der Waals surface area contributed by atoms with Crippen molar-refractivity contribution in [3.63, 3.8) is 0 Å². The molecule has 0 unspecified atom stereocenters. The van der Waals surface area contributed by atoms with E-state index in [1.165, 1.54) is 13.8 Å². The first-order valence-corrected chi connectivity index (χ1v) is 4.34. The zero-order valence-electron chi connectivity index (χ0n) is 8.45. The topological polar surface area (TPSA) is 26.3 Å². The summed E-state index contributed by atoms with van der Waals surface area (Å²) in [5.74, 6) is -2.52. The molecule has 1 atom stereocenters. The average molecular weight is 252 g/mol. The molecule has 0 rings (SSSR count). The Morgan fingerprint density at radius 1 is 1.12 bits per heavy atom. The van der Waals surface area contributed by atoms with Gasteiger partial charge in [0.1, 0.15) is 0 Å². The SMILES string of the molecule is CC[C@@H](C)C(=O)OC(C(F)(F)F)C(F)(F)F. The van der Waals surface area contributed by atoms with Crippen molar-refractivity contribution in [1.82, 2.24) is 0 Å². The molecular weight excluding hydrogens is 242 g/mol. The van der Waals surface area contributed by atoms with Crippen LogP contribution in [0.3, 0.4) is 0 Å². The number of halogens is 6. The van der Waals surface area contributed by atoms with E-state index in [4.69, 9.17) is 0 Å². The van der Waals surface area contributed by atoms with E-state index in [2.05, 4.69) is 4.74 Å². The number of rotatable bonds is 3. The van der Waals surface area contributed by atoms with Crippen LogP contribution in [0.4, 0.5) is 26.3 Å². The van der Waals surface area contributed by atoms with Gasteiger partial charge >= 0.3 is 18.3 Å². The van der Waals surface area contributed by atoms with Crippen LogP contribution in [0.2, 0.25) is 0 Å². The Morgan fingerprint density at radius 2 is 1.50 bits per heavy atom. The molecular formula is C8H10F6O2. The number of alkyl halides is 6. The largest absolute Gasteiger partial charge is 0.443 e. The predicted molar refractivity (Wildman–Crippen MR) is 41.4 cm³/mol. The van der Waals surface area contributed by atoms with E-state index in [9.17, 15) is 31.1 Å². The van der Waals surface area contributed by atoms with Gasteiger partial charge in [0, 0.05) is 0 Å². The second-order valence-corrected chi connectivity index (χ2v) is 3.21. The molecule has 0 fully saturated rings. The fourth-order valence-corrected chi connectivity index (χ4v) is 0.718. The molecule has 96 valence electrons. The first kappa shape index (κ1) is 15.0. The molecule has 0 bridgehead atoms. The third-order valence-corrected chi connectivity index (χ3v) is 1.84. The highest BCUT2D eigenvalue weighted by Crippen LogP contribution is 2.36. The number of carbonyl (C=O) groups is 1. The smallest absolute Gasteiger partial charge is 0.434 e. The van der Waals surface area contributed by atoms with E-state index in [-0.39, 0.29) is 6.42 Å². The van der Waals surface area contributed by atoms with Gasteiger partial charge < -0.3 is 4.74 Å². The minimum atomic E-state index is -5.65. The van der Waals surface area contributed by atoms with Crippen LogP contribution in [0.25, 0.3) is 0 Å². The molecule has 2 nitrogen and oxygen atoms in total. The molecule has 0 aliphatic heterocycles. The van der Waals surface area contributed by atoms with Gasteiger partial charge in [0.05, 0.1) is 5.92 Å². The van der Waals surface area contributed by atoms with Gasteiger partial charge in [0.2, 0.25) is 0 Å². The highest BCUT2D eigenvalue weighted by atomic mass is 19.4. The van der Waals surface area contributed by atoms with Crippen LogP contribution < -0.4 is 0 Å². The van der Waals surface area contributed by atoms with E-state index in [1.54, 1.807) is 0 Å². The van der Waals surface area contributed by atoms with Crippen LogP contribution in [0.15, 0.2) is 0 Å². The zero-order chi connectivity index (χ0) is 13.1. The first-order valence-electron chi connectivity index (χ1n) is 4.34. The van der Waals surface area contributed by atoms with E-state index in [0.717, 1.165) is 0 Å². The van der Waals surface area contributed by atoms with Crippen LogP contribution in [0.1, 0.15) is 20.3 Å². The zero-order valence-corrected chi connectivity index (χ0v) is 8.45. The molecule has 0 aromatic carbocycles. The van der Waals surface area contributed by atoms with Crippen molar-refractivity contribution >= 4 is 5.97 Å². The molecule has 0 saturated heterocycles. The van der Waals surface area contributed by atoms with Crippen LogP contribution in [-0.2, 0) is 9.53 Å². The van der Waals surface area contributed by atoms with Crippen LogP contribution in [-0.4, -0.2) is 24.4 Å². The summed E-state index contributed by atoms with van der Waals surface area (Å²) in [6.45, 7) is 2.63. The molecule has 0 heterocycles. The van der Waals surface area contributed by atoms with E-state index in [1.807, 2.05) is 0 Å². The Morgan fingerprint density at radius 3 is 1.75 bits per heavy atom.